The van der Waals surface area contributed by atoms with Gasteiger partial charge in [0.2, 0.25) is 5.82 Å². The maximum Gasteiger partial charge on any atom is 0.451 e. The van der Waals surface area contributed by atoms with E-state index in [0.29, 0.717) is 11.1 Å². The maximum atomic E-state index is 12.8. The molecule has 2 N–H and O–H groups in total. The van der Waals surface area contributed by atoms with Gasteiger partial charge < -0.3 is 5.11 Å². The normalized spacial score (nSPS) is 11.9. The fraction of sp³-hybridized carbons (Fsp3) is 0.0833. The molecule has 8 heteroatoms. The third-order valence-electron chi connectivity index (χ3n) is 2.69. The van der Waals surface area contributed by atoms with Crippen molar-refractivity contribution in [2.45, 2.75) is 6.18 Å². The number of phenols is 1. The summed E-state index contributed by atoms with van der Waals surface area (Å²) >= 11 is 0. The highest BCUT2D eigenvalue weighted by atomic mass is 19.4. The molecule has 2 aromatic heterocycles. The molecule has 1 aromatic carbocycles. The fourth-order valence-corrected chi connectivity index (χ4v) is 1.79. The average Bonchev–Trinajstić information content (AvgIpc) is 2.85. The third-order valence-corrected chi connectivity index (χ3v) is 2.69. The van der Waals surface area contributed by atoms with E-state index in [0.717, 1.165) is 0 Å². The Morgan fingerprint density at radius 1 is 1.05 bits per heavy atom. The lowest BCUT2D eigenvalue weighted by Crippen LogP contribution is -2.11. The summed E-state index contributed by atoms with van der Waals surface area (Å²) in [6.45, 7) is 0. The van der Waals surface area contributed by atoms with Gasteiger partial charge >= 0.3 is 6.18 Å². The molecule has 0 saturated heterocycles. The number of alkyl halides is 3. The van der Waals surface area contributed by atoms with E-state index in [-0.39, 0.29) is 17.0 Å². The van der Waals surface area contributed by atoms with Crippen LogP contribution in [0, 0.1) is 0 Å². The second-order valence-electron chi connectivity index (χ2n) is 4.07. The molecule has 0 spiro atoms. The largest absolute Gasteiger partial charge is 0.508 e. The van der Waals surface area contributed by atoms with Gasteiger partial charge in [-0.2, -0.15) is 18.3 Å². The zero-order valence-corrected chi connectivity index (χ0v) is 9.81. The quantitative estimate of drug-likeness (QED) is 0.718. The summed E-state index contributed by atoms with van der Waals surface area (Å²) in [5, 5.41) is 15.5. The molecule has 0 aliphatic carbocycles. The molecule has 0 fully saturated rings. The van der Waals surface area contributed by atoms with E-state index >= 15 is 0 Å². The van der Waals surface area contributed by atoms with Crippen LogP contribution in [0.4, 0.5) is 13.2 Å². The number of aromatic amines is 1. The molecule has 0 bridgehead atoms. The summed E-state index contributed by atoms with van der Waals surface area (Å²) in [6, 6.07) is 5.68. The molecule has 0 saturated carbocycles. The summed E-state index contributed by atoms with van der Waals surface area (Å²) in [4.78, 5) is 6.99. The van der Waals surface area contributed by atoms with E-state index in [1.807, 2.05) is 0 Å². The summed E-state index contributed by atoms with van der Waals surface area (Å²) < 4.78 is 38.4. The number of benzene rings is 1. The Morgan fingerprint density at radius 2 is 1.75 bits per heavy atom. The van der Waals surface area contributed by atoms with Crippen molar-refractivity contribution in [1.82, 2.24) is 20.2 Å². The third kappa shape index (κ3) is 2.04. The Hall–Kier alpha value is -2.64. The summed E-state index contributed by atoms with van der Waals surface area (Å²) in [6.07, 6.45) is -3.44. The van der Waals surface area contributed by atoms with Gasteiger partial charge in [0.15, 0.2) is 0 Å². The predicted octanol–water partition coefficient (Wildman–Crippen LogP) is 2.74. The molecule has 0 atom stereocenters. The minimum absolute atomic E-state index is 0.0136. The van der Waals surface area contributed by atoms with Crippen molar-refractivity contribution >= 4 is 11.0 Å². The minimum atomic E-state index is -4.64. The zero-order valence-electron chi connectivity index (χ0n) is 9.81. The minimum Gasteiger partial charge on any atom is -0.508 e. The van der Waals surface area contributed by atoms with E-state index in [9.17, 15) is 18.3 Å². The van der Waals surface area contributed by atoms with Gasteiger partial charge in [-0.15, -0.1) is 0 Å². The zero-order chi connectivity index (χ0) is 14.3. The van der Waals surface area contributed by atoms with E-state index < -0.39 is 12.0 Å². The van der Waals surface area contributed by atoms with Crippen molar-refractivity contribution in [2.75, 3.05) is 0 Å². The van der Waals surface area contributed by atoms with Crippen LogP contribution in [-0.2, 0) is 6.18 Å². The Kier molecular flexibility index (Phi) is 2.60. The molecule has 3 aromatic rings. The summed E-state index contributed by atoms with van der Waals surface area (Å²) in [7, 11) is 0. The first kappa shape index (κ1) is 12.4. The van der Waals surface area contributed by atoms with Gasteiger partial charge in [-0.1, -0.05) is 0 Å². The molecule has 0 radical (unpaired) electrons. The highest BCUT2D eigenvalue weighted by Crippen LogP contribution is 2.31. The van der Waals surface area contributed by atoms with Gasteiger partial charge in [0.1, 0.15) is 22.5 Å². The summed E-state index contributed by atoms with van der Waals surface area (Å²) in [5.41, 5.74) is 0.892. The number of phenolic OH excluding ortho intramolecular Hbond substituents is 1. The lowest BCUT2D eigenvalue weighted by Gasteiger charge is -2.08. The van der Waals surface area contributed by atoms with Crippen LogP contribution < -0.4 is 0 Å². The Morgan fingerprint density at radius 3 is 2.40 bits per heavy atom. The number of hydrogen-bond donors (Lipinski definition) is 2. The molecule has 3 rings (SSSR count). The molecule has 0 unspecified atom stereocenters. The van der Waals surface area contributed by atoms with Crippen molar-refractivity contribution in [3.05, 3.63) is 36.3 Å². The van der Waals surface area contributed by atoms with E-state index in [1.54, 1.807) is 0 Å². The van der Waals surface area contributed by atoms with Crippen LogP contribution in [-0.4, -0.2) is 25.3 Å². The van der Waals surface area contributed by atoms with Crippen LogP contribution in [0.25, 0.3) is 22.3 Å². The van der Waals surface area contributed by atoms with Crippen LogP contribution >= 0.6 is 0 Å². The lowest BCUT2D eigenvalue weighted by atomic mass is 10.1. The fourth-order valence-electron chi connectivity index (χ4n) is 1.79. The number of hydrogen-bond acceptors (Lipinski definition) is 4. The van der Waals surface area contributed by atoms with Crippen LogP contribution in [0.3, 0.4) is 0 Å². The number of H-pyrrole nitrogens is 1. The standard InChI is InChI=1S/C12H7F3N4O/c13-12(14,15)11-17-8-5-16-19-10(8)9(18-11)6-1-3-7(20)4-2-6/h1-5,20H,(H,16,19). The Bertz CT molecular complexity index is 764. The number of aromatic nitrogens is 4. The Balaban J connectivity index is 2.27. The summed E-state index contributed by atoms with van der Waals surface area (Å²) in [5.74, 6) is -1.21. The number of halogens is 3. The first-order valence-electron chi connectivity index (χ1n) is 5.53. The molecule has 20 heavy (non-hydrogen) atoms. The predicted molar refractivity (Wildman–Crippen MR) is 63.8 cm³/mol. The van der Waals surface area contributed by atoms with Crippen LogP contribution in [0.1, 0.15) is 5.82 Å². The van der Waals surface area contributed by atoms with Gasteiger partial charge in [-0.25, -0.2) is 9.97 Å². The van der Waals surface area contributed by atoms with Crippen LogP contribution in [0.15, 0.2) is 30.5 Å². The van der Waals surface area contributed by atoms with Crippen molar-refractivity contribution < 1.29 is 18.3 Å². The van der Waals surface area contributed by atoms with Crippen molar-refractivity contribution in [2.24, 2.45) is 0 Å². The number of fused-ring (bicyclic) bond motifs is 1. The smallest absolute Gasteiger partial charge is 0.451 e. The Labute approximate surface area is 110 Å². The molecular formula is C12H7F3N4O. The lowest BCUT2D eigenvalue weighted by molar-refractivity contribution is -0.144. The van der Waals surface area contributed by atoms with Crippen molar-refractivity contribution in [3.8, 4) is 17.0 Å². The maximum absolute atomic E-state index is 12.8. The van der Waals surface area contributed by atoms with E-state index in [4.69, 9.17) is 0 Å². The van der Waals surface area contributed by atoms with Gasteiger partial charge in [-0.05, 0) is 24.3 Å². The topological polar surface area (TPSA) is 74.7 Å². The molecule has 0 aliphatic rings. The van der Waals surface area contributed by atoms with Crippen LogP contribution in [0.5, 0.6) is 5.75 Å². The second kappa shape index (κ2) is 4.19. The van der Waals surface area contributed by atoms with Crippen LogP contribution in [0.2, 0.25) is 0 Å². The number of nitrogens with zero attached hydrogens (tertiary/aromatic N) is 3. The van der Waals surface area contributed by atoms with Gasteiger partial charge in [0.25, 0.3) is 0 Å². The van der Waals surface area contributed by atoms with Crippen molar-refractivity contribution in [3.63, 3.8) is 0 Å². The first-order valence-corrected chi connectivity index (χ1v) is 5.53. The molecule has 5 nitrogen and oxygen atoms in total. The highest BCUT2D eigenvalue weighted by molar-refractivity contribution is 5.88. The van der Waals surface area contributed by atoms with Gasteiger partial charge in [0, 0.05) is 5.56 Å². The van der Waals surface area contributed by atoms with Gasteiger partial charge in [0.05, 0.1) is 6.20 Å². The number of rotatable bonds is 1. The molecule has 0 aliphatic heterocycles. The van der Waals surface area contributed by atoms with Gasteiger partial charge in [-0.3, -0.25) is 5.10 Å². The molecule has 0 amide bonds. The van der Waals surface area contributed by atoms with E-state index in [1.165, 1.54) is 30.5 Å². The van der Waals surface area contributed by atoms with E-state index in [2.05, 4.69) is 20.2 Å². The first-order chi connectivity index (χ1) is 9.45. The van der Waals surface area contributed by atoms with Crippen molar-refractivity contribution in [1.29, 1.82) is 0 Å². The number of nitrogens with one attached hydrogen (secondary N) is 1. The molecule has 102 valence electrons. The highest BCUT2D eigenvalue weighted by Gasteiger charge is 2.35. The monoisotopic (exact) mass is 280 g/mol. The molecule has 2 heterocycles. The SMILES string of the molecule is Oc1ccc(-c2nc(C(F)(F)F)nc3cn[nH]c23)cc1. The average molecular weight is 280 g/mol. The number of aromatic hydroxyl groups is 1. The second-order valence-corrected chi connectivity index (χ2v) is 4.07. The molecular weight excluding hydrogens is 273 g/mol.